The molecule has 1 fully saturated rings. The van der Waals surface area contributed by atoms with Crippen molar-refractivity contribution in [1.82, 2.24) is 0 Å². The highest BCUT2D eigenvalue weighted by Crippen LogP contribution is 2.42. The third-order valence-electron chi connectivity index (χ3n) is 4.44. The third-order valence-corrected chi connectivity index (χ3v) is 4.44. The van der Waals surface area contributed by atoms with Crippen molar-refractivity contribution in [2.24, 2.45) is 11.0 Å². The van der Waals surface area contributed by atoms with Gasteiger partial charge in [-0.05, 0) is 25.8 Å². The van der Waals surface area contributed by atoms with Gasteiger partial charge < -0.3 is 19.0 Å². The van der Waals surface area contributed by atoms with Gasteiger partial charge in [0, 0.05) is 31.1 Å². The van der Waals surface area contributed by atoms with E-state index in [1.165, 1.54) is 6.92 Å². The van der Waals surface area contributed by atoms with Gasteiger partial charge in [-0.3, -0.25) is 9.59 Å². The zero-order chi connectivity index (χ0) is 21.6. The molecule has 0 radical (unpaired) electrons. The summed E-state index contributed by atoms with van der Waals surface area (Å²) in [6.07, 6.45) is -6.28. The Morgan fingerprint density at radius 1 is 1.25 bits per heavy atom. The summed E-state index contributed by atoms with van der Waals surface area (Å²) < 4.78 is 45.1. The van der Waals surface area contributed by atoms with Crippen LogP contribution in [0.5, 0.6) is 0 Å². The number of rotatable bonds is 8. The first-order valence-corrected chi connectivity index (χ1v) is 8.83. The predicted octanol–water partition coefficient (Wildman–Crippen LogP) is 2.96. The second kappa shape index (κ2) is 9.79. The van der Waals surface area contributed by atoms with E-state index in [9.17, 15) is 23.2 Å². The van der Waals surface area contributed by atoms with Crippen LogP contribution in [0, 0.1) is 5.92 Å². The molecule has 2 unspecified atom stereocenters. The Morgan fingerprint density at radius 2 is 1.82 bits per heavy atom. The molecule has 1 heterocycles. The molecule has 0 saturated carbocycles. The van der Waals surface area contributed by atoms with E-state index in [4.69, 9.17) is 19.7 Å². The van der Waals surface area contributed by atoms with Gasteiger partial charge in [-0.2, -0.15) is 0 Å². The molecule has 0 amide bonds. The highest BCUT2D eigenvalue weighted by atomic mass is 19.2. The SMILES string of the molecule is CC[C@@H](OC(C)=O)[C@@H](OC(C)=O)C1O[C@](C)(F)C(F)[C@@H](N=[N+]=[N-])[C@H]1CC(C)=O. The molecule has 1 aliphatic rings. The molecule has 7 atom stereocenters. The summed E-state index contributed by atoms with van der Waals surface area (Å²) in [7, 11) is 0. The molecule has 28 heavy (non-hydrogen) atoms. The van der Waals surface area contributed by atoms with E-state index in [2.05, 4.69) is 10.0 Å². The van der Waals surface area contributed by atoms with Gasteiger partial charge >= 0.3 is 11.9 Å². The summed E-state index contributed by atoms with van der Waals surface area (Å²) >= 11 is 0. The van der Waals surface area contributed by atoms with E-state index < -0.39 is 60.0 Å². The molecule has 0 aromatic heterocycles. The number of nitrogens with zero attached hydrogens (tertiary/aromatic N) is 3. The van der Waals surface area contributed by atoms with E-state index in [-0.39, 0.29) is 12.8 Å². The normalized spacial score (nSPS) is 31.8. The van der Waals surface area contributed by atoms with Gasteiger partial charge in [-0.1, -0.05) is 12.0 Å². The number of carbonyl (C=O) groups is 3. The lowest BCUT2D eigenvalue weighted by Crippen LogP contribution is -2.62. The topological polar surface area (TPSA) is 128 Å². The molecular formula is C17H25F2N3O6. The fraction of sp³-hybridized carbons (Fsp3) is 0.824. The van der Waals surface area contributed by atoms with Crippen molar-refractivity contribution in [2.75, 3.05) is 0 Å². The van der Waals surface area contributed by atoms with Crippen LogP contribution in [0.2, 0.25) is 0 Å². The van der Waals surface area contributed by atoms with Gasteiger partial charge in [-0.15, -0.1) is 0 Å². The van der Waals surface area contributed by atoms with Gasteiger partial charge in [0.05, 0.1) is 6.04 Å². The van der Waals surface area contributed by atoms with Crippen LogP contribution >= 0.6 is 0 Å². The Hall–Kier alpha value is -2.26. The number of esters is 2. The lowest BCUT2D eigenvalue weighted by Gasteiger charge is -2.47. The fourth-order valence-corrected chi connectivity index (χ4v) is 3.36. The van der Waals surface area contributed by atoms with Crippen LogP contribution in [-0.2, 0) is 28.6 Å². The molecule has 1 aliphatic heterocycles. The Labute approximate surface area is 161 Å². The van der Waals surface area contributed by atoms with Gasteiger partial charge in [0.2, 0.25) is 5.85 Å². The number of ether oxygens (including phenoxy) is 3. The maximum atomic E-state index is 14.8. The molecule has 1 saturated heterocycles. The quantitative estimate of drug-likeness (QED) is 0.264. The molecule has 0 N–H and O–H groups in total. The Morgan fingerprint density at radius 3 is 2.25 bits per heavy atom. The Bertz CT molecular complexity index is 653. The smallest absolute Gasteiger partial charge is 0.303 e. The molecule has 9 nitrogen and oxygen atoms in total. The second-order valence-electron chi connectivity index (χ2n) is 6.87. The van der Waals surface area contributed by atoms with Crippen LogP contribution < -0.4 is 0 Å². The summed E-state index contributed by atoms with van der Waals surface area (Å²) in [5.41, 5.74) is 8.79. The van der Waals surface area contributed by atoms with Crippen LogP contribution in [-0.4, -0.2) is 54.1 Å². The fourth-order valence-electron chi connectivity index (χ4n) is 3.36. The maximum Gasteiger partial charge on any atom is 0.303 e. The Balaban J connectivity index is 3.48. The number of ketones is 1. The number of hydrogen-bond acceptors (Lipinski definition) is 7. The lowest BCUT2D eigenvalue weighted by molar-refractivity contribution is -0.282. The molecule has 0 aromatic carbocycles. The van der Waals surface area contributed by atoms with E-state index in [0.29, 0.717) is 0 Å². The number of halogens is 2. The highest BCUT2D eigenvalue weighted by Gasteiger charge is 2.57. The average Bonchev–Trinajstić information content (AvgIpc) is 2.56. The van der Waals surface area contributed by atoms with Crippen LogP contribution in [0.15, 0.2) is 5.11 Å². The highest BCUT2D eigenvalue weighted by molar-refractivity contribution is 5.76. The van der Waals surface area contributed by atoms with E-state index in [1.54, 1.807) is 6.92 Å². The van der Waals surface area contributed by atoms with Gasteiger partial charge in [-0.25, -0.2) is 8.78 Å². The first kappa shape index (κ1) is 23.8. The number of azide groups is 1. The molecule has 1 rings (SSSR count). The van der Waals surface area contributed by atoms with Crippen LogP contribution in [0.25, 0.3) is 10.4 Å². The molecular weight excluding hydrogens is 380 g/mol. The van der Waals surface area contributed by atoms with Crippen molar-refractivity contribution in [1.29, 1.82) is 0 Å². The largest absolute Gasteiger partial charge is 0.459 e. The van der Waals surface area contributed by atoms with E-state index in [1.807, 2.05) is 0 Å². The number of hydrogen-bond donors (Lipinski definition) is 0. The summed E-state index contributed by atoms with van der Waals surface area (Å²) in [4.78, 5) is 37.4. The van der Waals surface area contributed by atoms with Crippen molar-refractivity contribution >= 4 is 17.7 Å². The molecule has 0 aliphatic carbocycles. The summed E-state index contributed by atoms with van der Waals surface area (Å²) in [6, 6.07) is -1.59. The number of Topliss-reactive ketones (excluding diaryl/α,β-unsaturated/α-hetero) is 1. The molecule has 11 heteroatoms. The zero-order valence-electron chi connectivity index (χ0n) is 16.4. The number of alkyl halides is 2. The predicted molar refractivity (Wildman–Crippen MR) is 92.4 cm³/mol. The van der Waals surface area contributed by atoms with Crippen LogP contribution in [0.4, 0.5) is 8.78 Å². The summed E-state index contributed by atoms with van der Waals surface area (Å²) in [5, 5.41) is 3.34. The minimum atomic E-state index is -2.89. The van der Waals surface area contributed by atoms with Crippen molar-refractivity contribution in [3.8, 4) is 0 Å². The lowest BCUT2D eigenvalue weighted by atomic mass is 9.78. The van der Waals surface area contributed by atoms with E-state index in [0.717, 1.165) is 20.8 Å². The zero-order valence-corrected chi connectivity index (χ0v) is 16.4. The summed E-state index contributed by atoms with van der Waals surface area (Å²) in [5.74, 6) is -5.87. The van der Waals surface area contributed by atoms with Crippen molar-refractivity contribution < 1.29 is 37.4 Å². The summed E-state index contributed by atoms with van der Waals surface area (Å²) in [6.45, 7) is 5.90. The molecule has 0 bridgehead atoms. The van der Waals surface area contributed by atoms with E-state index >= 15 is 0 Å². The second-order valence-corrected chi connectivity index (χ2v) is 6.87. The van der Waals surface area contributed by atoms with Gasteiger partial charge in [0.15, 0.2) is 12.3 Å². The molecule has 0 aromatic rings. The standard InChI is InChI=1S/C17H25F2N3O6/c1-6-12(26-9(3)24)15(27-10(4)25)14-11(7-8(2)23)13(21-22-20)16(18)17(5,19)28-14/h11-16H,6-7H2,1-5H3/t11-,12-,13+,14?,15-,16?,17+/m1/s1. The first-order chi connectivity index (χ1) is 12.9. The van der Waals surface area contributed by atoms with Crippen molar-refractivity contribution in [3.63, 3.8) is 0 Å². The van der Waals surface area contributed by atoms with Crippen LogP contribution in [0.3, 0.4) is 0 Å². The van der Waals surface area contributed by atoms with Gasteiger partial charge in [0.25, 0.3) is 0 Å². The van der Waals surface area contributed by atoms with Gasteiger partial charge in [0.1, 0.15) is 18.0 Å². The molecule has 0 spiro atoms. The maximum absolute atomic E-state index is 14.8. The third kappa shape index (κ3) is 5.87. The van der Waals surface area contributed by atoms with Crippen LogP contribution in [0.1, 0.15) is 47.5 Å². The van der Waals surface area contributed by atoms with Crippen molar-refractivity contribution in [3.05, 3.63) is 10.4 Å². The Kier molecular flexibility index (Phi) is 8.31. The number of carbonyl (C=O) groups excluding carboxylic acids is 3. The van der Waals surface area contributed by atoms with Crippen molar-refractivity contribution in [2.45, 2.75) is 83.8 Å². The average molecular weight is 405 g/mol. The monoisotopic (exact) mass is 405 g/mol. The minimum absolute atomic E-state index is 0.165. The molecule has 158 valence electrons. The minimum Gasteiger partial charge on any atom is -0.459 e. The first-order valence-electron chi connectivity index (χ1n) is 8.83.